The van der Waals surface area contributed by atoms with Gasteiger partial charge in [-0.15, -0.1) is 5.10 Å². The Morgan fingerprint density at radius 2 is 2.25 bits per heavy atom. The first-order valence-corrected chi connectivity index (χ1v) is 5.66. The van der Waals surface area contributed by atoms with E-state index < -0.39 is 5.97 Å². The summed E-state index contributed by atoms with van der Waals surface area (Å²) in [6.45, 7) is 6.27. The van der Waals surface area contributed by atoms with Gasteiger partial charge in [0, 0.05) is 0 Å². The van der Waals surface area contributed by atoms with Crippen molar-refractivity contribution in [3.05, 3.63) is 11.4 Å². The first-order chi connectivity index (χ1) is 7.50. The standard InChI is InChI=1S/C11H17N3O2/c1-6(2)11-8(5-10(15)16)12-13-14(11)9-4-7(9)3/h6-7,9H,4-5H2,1-3H3,(H,15,16). The molecule has 0 amide bonds. The second-order valence-electron chi connectivity index (χ2n) is 4.87. The molecule has 0 aliphatic heterocycles. The predicted molar refractivity (Wildman–Crippen MR) is 58.3 cm³/mol. The summed E-state index contributed by atoms with van der Waals surface area (Å²) < 4.78 is 1.92. The zero-order chi connectivity index (χ0) is 11.9. The minimum Gasteiger partial charge on any atom is -0.481 e. The van der Waals surface area contributed by atoms with Crippen molar-refractivity contribution in [3.8, 4) is 0 Å². The van der Waals surface area contributed by atoms with Crippen LogP contribution in [0.4, 0.5) is 0 Å². The number of hydrogen-bond acceptors (Lipinski definition) is 3. The minimum absolute atomic E-state index is 0.0331. The van der Waals surface area contributed by atoms with E-state index in [0.29, 0.717) is 17.7 Å². The molecule has 0 saturated heterocycles. The van der Waals surface area contributed by atoms with Crippen LogP contribution in [0.2, 0.25) is 0 Å². The van der Waals surface area contributed by atoms with Crippen LogP contribution in [0.3, 0.4) is 0 Å². The minimum atomic E-state index is -0.849. The molecule has 2 rings (SSSR count). The van der Waals surface area contributed by atoms with Gasteiger partial charge in [-0.25, -0.2) is 4.68 Å². The van der Waals surface area contributed by atoms with Crippen LogP contribution in [0.1, 0.15) is 50.5 Å². The van der Waals surface area contributed by atoms with Crippen LogP contribution in [0.15, 0.2) is 0 Å². The Bertz CT molecular complexity index is 411. The maximum absolute atomic E-state index is 10.7. The summed E-state index contributed by atoms with van der Waals surface area (Å²) >= 11 is 0. The van der Waals surface area contributed by atoms with Crippen molar-refractivity contribution in [2.45, 2.75) is 45.6 Å². The van der Waals surface area contributed by atoms with Gasteiger partial charge in [0.1, 0.15) is 0 Å². The van der Waals surface area contributed by atoms with E-state index >= 15 is 0 Å². The van der Waals surface area contributed by atoms with Crippen molar-refractivity contribution >= 4 is 5.97 Å². The molecule has 5 heteroatoms. The fourth-order valence-corrected chi connectivity index (χ4v) is 2.09. The Hall–Kier alpha value is -1.39. The van der Waals surface area contributed by atoms with E-state index in [1.807, 2.05) is 18.5 Å². The molecule has 16 heavy (non-hydrogen) atoms. The van der Waals surface area contributed by atoms with E-state index in [-0.39, 0.29) is 12.3 Å². The van der Waals surface area contributed by atoms with Gasteiger partial charge >= 0.3 is 5.97 Å². The summed E-state index contributed by atoms with van der Waals surface area (Å²) in [5.74, 6) is 0.0480. The number of carbonyl (C=O) groups is 1. The number of carboxylic acids is 1. The van der Waals surface area contributed by atoms with Gasteiger partial charge in [0.05, 0.1) is 23.9 Å². The van der Waals surface area contributed by atoms with Crippen LogP contribution in [-0.4, -0.2) is 26.1 Å². The quantitative estimate of drug-likeness (QED) is 0.842. The van der Waals surface area contributed by atoms with Crippen LogP contribution < -0.4 is 0 Å². The molecule has 2 unspecified atom stereocenters. The summed E-state index contributed by atoms with van der Waals surface area (Å²) in [6, 6.07) is 0.424. The number of aromatic nitrogens is 3. The van der Waals surface area contributed by atoms with Gasteiger partial charge < -0.3 is 5.11 Å². The molecule has 2 atom stereocenters. The monoisotopic (exact) mass is 223 g/mol. The molecule has 0 spiro atoms. The van der Waals surface area contributed by atoms with Crippen LogP contribution in [-0.2, 0) is 11.2 Å². The second kappa shape index (κ2) is 3.88. The van der Waals surface area contributed by atoms with Crippen molar-refractivity contribution in [2.75, 3.05) is 0 Å². The molecule has 1 aromatic rings. The number of hydrogen-bond donors (Lipinski definition) is 1. The maximum Gasteiger partial charge on any atom is 0.309 e. The molecule has 1 aliphatic rings. The van der Waals surface area contributed by atoms with Crippen molar-refractivity contribution < 1.29 is 9.90 Å². The number of aliphatic carboxylic acids is 1. The molecule has 88 valence electrons. The highest BCUT2D eigenvalue weighted by molar-refractivity contribution is 5.69. The molecule has 1 N–H and O–H groups in total. The fourth-order valence-electron chi connectivity index (χ4n) is 2.09. The maximum atomic E-state index is 10.7. The van der Waals surface area contributed by atoms with Gasteiger partial charge in [0.2, 0.25) is 0 Å². The molecule has 0 radical (unpaired) electrons. The van der Waals surface area contributed by atoms with Crippen molar-refractivity contribution in [3.63, 3.8) is 0 Å². The van der Waals surface area contributed by atoms with Gasteiger partial charge in [-0.3, -0.25) is 4.79 Å². The predicted octanol–water partition coefficient (Wildman–Crippen LogP) is 1.61. The van der Waals surface area contributed by atoms with Crippen molar-refractivity contribution in [2.24, 2.45) is 5.92 Å². The lowest BCUT2D eigenvalue weighted by molar-refractivity contribution is -0.136. The lowest BCUT2D eigenvalue weighted by Gasteiger charge is -2.09. The van der Waals surface area contributed by atoms with Gasteiger partial charge in [-0.1, -0.05) is 26.0 Å². The molecule has 1 aromatic heterocycles. The van der Waals surface area contributed by atoms with E-state index in [1.165, 1.54) is 0 Å². The molecule has 1 saturated carbocycles. The highest BCUT2D eigenvalue weighted by atomic mass is 16.4. The van der Waals surface area contributed by atoms with Crippen LogP contribution in [0.25, 0.3) is 0 Å². The Morgan fingerprint density at radius 3 is 2.69 bits per heavy atom. The third-order valence-electron chi connectivity index (χ3n) is 3.05. The molecule has 0 bridgehead atoms. The average molecular weight is 223 g/mol. The third kappa shape index (κ3) is 1.94. The van der Waals surface area contributed by atoms with E-state index in [1.54, 1.807) is 0 Å². The average Bonchev–Trinajstić information content (AvgIpc) is 2.74. The smallest absolute Gasteiger partial charge is 0.309 e. The highest BCUT2D eigenvalue weighted by Gasteiger charge is 2.38. The van der Waals surface area contributed by atoms with Crippen LogP contribution >= 0.6 is 0 Å². The van der Waals surface area contributed by atoms with Crippen molar-refractivity contribution in [1.82, 2.24) is 15.0 Å². The van der Waals surface area contributed by atoms with E-state index in [2.05, 4.69) is 17.2 Å². The summed E-state index contributed by atoms with van der Waals surface area (Å²) in [7, 11) is 0. The van der Waals surface area contributed by atoms with E-state index in [0.717, 1.165) is 12.1 Å². The number of nitrogens with zero attached hydrogens (tertiary/aromatic N) is 3. The fraction of sp³-hybridized carbons (Fsp3) is 0.727. The first kappa shape index (κ1) is 11.1. The summed E-state index contributed by atoms with van der Waals surface area (Å²) in [5, 5.41) is 16.9. The Balaban J connectivity index is 2.32. The number of rotatable bonds is 4. The Kier molecular flexibility index (Phi) is 2.69. The first-order valence-electron chi connectivity index (χ1n) is 5.66. The van der Waals surface area contributed by atoms with Crippen LogP contribution in [0, 0.1) is 5.92 Å². The lowest BCUT2D eigenvalue weighted by Crippen LogP contribution is -2.09. The van der Waals surface area contributed by atoms with Gasteiger partial charge in [0.15, 0.2) is 0 Å². The molecule has 1 heterocycles. The molecule has 1 fully saturated rings. The second-order valence-corrected chi connectivity index (χ2v) is 4.87. The topological polar surface area (TPSA) is 68.0 Å². The zero-order valence-electron chi connectivity index (χ0n) is 9.84. The van der Waals surface area contributed by atoms with E-state index in [4.69, 9.17) is 5.11 Å². The van der Waals surface area contributed by atoms with Gasteiger partial charge in [-0.2, -0.15) is 0 Å². The third-order valence-corrected chi connectivity index (χ3v) is 3.05. The summed E-state index contributed by atoms with van der Waals surface area (Å²) in [5.41, 5.74) is 1.60. The summed E-state index contributed by atoms with van der Waals surface area (Å²) in [4.78, 5) is 10.7. The Morgan fingerprint density at radius 1 is 1.62 bits per heavy atom. The normalized spacial score (nSPS) is 23.8. The molecular weight excluding hydrogens is 206 g/mol. The van der Waals surface area contributed by atoms with Gasteiger partial charge in [-0.05, 0) is 18.3 Å². The highest BCUT2D eigenvalue weighted by Crippen LogP contribution is 2.43. The zero-order valence-corrected chi connectivity index (χ0v) is 9.84. The van der Waals surface area contributed by atoms with Crippen molar-refractivity contribution in [1.29, 1.82) is 0 Å². The molecular formula is C11H17N3O2. The SMILES string of the molecule is CC(C)c1c(CC(=O)O)nnn1C1CC1C. The largest absolute Gasteiger partial charge is 0.481 e. The summed E-state index contributed by atoms with van der Waals surface area (Å²) in [6.07, 6.45) is 1.09. The lowest BCUT2D eigenvalue weighted by atomic mass is 10.1. The van der Waals surface area contributed by atoms with Gasteiger partial charge in [0.25, 0.3) is 0 Å². The Labute approximate surface area is 94.5 Å². The molecule has 1 aliphatic carbocycles. The number of carboxylic acid groups (broad SMARTS) is 1. The molecule has 0 aromatic carbocycles. The van der Waals surface area contributed by atoms with Crippen LogP contribution in [0.5, 0.6) is 0 Å². The molecule has 5 nitrogen and oxygen atoms in total. The van der Waals surface area contributed by atoms with E-state index in [9.17, 15) is 4.79 Å².